The number of benzene rings is 1. The van der Waals surface area contributed by atoms with Gasteiger partial charge in [0.25, 0.3) is 5.91 Å². The molecule has 2 N–H and O–H groups in total. The highest BCUT2D eigenvalue weighted by Gasteiger charge is 2.25. The molecular weight excluding hydrogens is 268 g/mol. The molecule has 1 aromatic carbocycles. The zero-order valence-electron chi connectivity index (χ0n) is 13.0. The maximum absolute atomic E-state index is 12.4. The summed E-state index contributed by atoms with van der Waals surface area (Å²) in [5.41, 5.74) is 1.05. The van der Waals surface area contributed by atoms with E-state index in [-0.39, 0.29) is 17.2 Å². The van der Waals surface area contributed by atoms with E-state index in [0.29, 0.717) is 18.3 Å². The van der Waals surface area contributed by atoms with Gasteiger partial charge in [-0.1, -0.05) is 13.0 Å². The molecule has 1 atom stereocenters. The molecule has 0 unspecified atom stereocenters. The van der Waals surface area contributed by atoms with Gasteiger partial charge in [0.15, 0.2) is 0 Å². The molecule has 5 heteroatoms. The number of phenols is 1. The predicted molar refractivity (Wildman–Crippen MR) is 82.0 cm³/mol. The fourth-order valence-electron chi connectivity index (χ4n) is 3.00. The molecule has 1 amide bonds. The van der Waals surface area contributed by atoms with Crippen molar-refractivity contribution in [2.24, 2.45) is 0 Å². The molecule has 1 aromatic rings. The Kier molecular flexibility index (Phi) is 5.07. The zero-order chi connectivity index (χ0) is 15.4. The molecule has 1 heterocycles. The third-order valence-electron chi connectivity index (χ3n) is 4.17. The number of nitrogens with one attached hydrogen (secondary N) is 1. The van der Waals surface area contributed by atoms with E-state index in [1.807, 2.05) is 6.92 Å². The minimum atomic E-state index is -0.281. The summed E-state index contributed by atoms with van der Waals surface area (Å²) in [6, 6.07) is 3.65. The van der Waals surface area contributed by atoms with Gasteiger partial charge in [-0.15, -0.1) is 0 Å². The lowest BCUT2D eigenvalue weighted by molar-refractivity contribution is 0.0935. The van der Waals surface area contributed by atoms with E-state index in [2.05, 4.69) is 17.1 Å². The minimum Gasteiger partial charge on any atom is -0.507 e. The van der Waals surface area contributed by atoms with Gasteiger partial charge < -0.3 is 15.2 Å². The van der Waals surface area contributed by atoms with E-state index < -0.39 is 0 Å². The van der Waals surface area contributed by atoms with Gasteiger partial charge in [-0.25, -0.2) is 0 Å². The largest absolute Gasteiger partial charge is 0.507 e. The standard InChI is InChI=1S/C16H24N2O3/c1-4-18-9-5-6-12(18)10-17-16(20)14-13(19)8-7-11(2)15(14)21-3/h7-8,12,19H,4-6,9-10H2,1-3H3,(H,17,20)/t12-/m0/s1. The van der Waals surface area contributed by atoms with Gasteiger partial charge >= 0.3 is 0 Å². The molecule has 116 valence electrons. The number of aromatic hydroxyl groups is 1. The number of aryl methyl sites for hydroxylation is 1. The van der Waals surface area contributed by atoms with Crippen LogP contribution in [0.25, 0.3) is 0 Å². The molecule has 1 saturated heterocycles. The Morgan fingerprint density at radius 3 is 2.95 bits per heavy atom. The van der Waals surface area contributed by atoms with Crippen LogP contribution in [0.4, 0.5) is 0 Å². The summed E-state index contributed by atoms with van der Waals surface area (Å²) in [7, 11) is 1.51. The normalized spacial score (nSPS) is 18.7. The Morgan fingerprint density at radius 2 is 2.29 bits per heavy atom. The Morgan fingerprint density at radius 1 is 1.52 bits per heavy atom. The van der Waals surface area contributed by atoms with Crippen LogP contribution < -0.4 is 10.1 Å². The van der Waals surface area contributed by atoms with E-state index >= 15 is 0 Å². The van der Waals surface area contributed by atoms with Crippen molar-refractivity contribution in [1.29, 1.82) is 0 Å². The maximum atomic E-state index is 12.4. The van der Waals surface area contributed by atoms with Gasteiger partial charge in [0.2, 0.25) is 0 Å². The van der Waals surface area contributed by atoms with Crippen molar-refractivity contribution in [2.45, 2.75) is 32.7 Å². The monoisotopic (exact) mass is 292 g/mol. The van der Waals surface area contributed by atoms with Gasteiger partial charge in [-0.05, 0) is 44.5 Å². The Labute approximate surface area is 125 Å². The quantitative estimate of drug-likeness (QED) is 0.870. The summed E-state index contributed by atoms with van der Waals surface area (Å²) in [5, 5.41) is 12.9. The number of hydrogen-bond acceptors (Lipinski definition) is 4. The number of rotatable bonds is 5. The van der Waals surface area contributed by atoms with Gasteiger partial charge in [-0.2, -0.15) is 0 Å². The molecule has 5 nitrogen and oxygen atoms in total. The Hall–Kier alpha value is -1.75. The highest BCUT2D eigenvalue weighted by molar-refractivity contribution is 6.00. The first-order valence-corrected chi connectivity index (χ1v) is 7.47. The number of methoxy groups -OCH3 is 1. The number of carbonyl (C=O) groups excluding carboxylic acids is 1. The van der Waals surface area contributed by atoms with E-state index in [1.54, 1.807) is 6.07 Å². The molecule has 0 aliphatic carbocycles. The first-order valence-electron chi connectivity index (χ1n) is 7.47. The molecule has 1 aliphatic rings. The average Bonchev–Trinajstić information content (AvgIpc) is 2.94. The predicted octanol–water partition coefficient (Wildman–Crippen LogP) is 1.92. The summed E-state index contributed by atoms with van der Waals surface area (Å²) in [6.45, 7) is 6.68. The number of likely N-dealkylation sites (tertiary alicyclic amines) is 1. The lowest BCUT2D eigenvalue weighted by Gasteiger charge is -2.23. The molecule has 2 rings (SSSR count). The third kappa shape index (κ3) is 3.29. The van der Waals surface area contributed by atoms with Gasteiger partial charge in [0.1, 0.15) is 17.1 Å². The summed E-state index contributed by atoms with van der Waals surface area (Å²) in [6.07, 6.45) is 2.28. The maximum Gasteiger partial charge on any atom is 0.258 e. The van der Waals surface area contributed by atoms with Crippen LogP contribution in [0.15, 0.2) is 12.1 Å². The number of carbonyl (C=O) groups is 1. The van der Waals surface area contributed by atoms with Crippen molar-refractivity contribution in [3.63, 3.8) is 0 Å². The van der Waals surface area contributed by atoms with Crippen LogP contribution in [0.2, 0.25) is 0 Å². The fourth-order valence-corrected chi connectivity index (χ4v) is 3.00. The van der Waals surface area contributed by atoms with Crippen LogP contribution >= 0.6 is 0 Å². The zero-order valence-corrected chi connectivity index (χ0v) is 13.0. The first-order chi connectivity index (χ1) is 10.1. The second kappa shape index (κ2) is 6.80. The number of likely N-dealkylation sites (N-methyl/N-ethyl adjacent to an activating group) is 1. The third-order valence-corrected chi connectivity index (χ3v) is 4.17. The average molecular weight is 292 g/mol. The Bertz CT molecular complexity index is 516. The molecule has 0 bridgehead atoms. The number of ether oxygens (including phenoxy) is 1. The highest BCUT2D eigenvalue weighted by Crippen LogP contribution is 2.30. The summed E-state index contributed by atoms with van der Waals surface area (Å²) in [5.74, 6) is 0.107. The van der Waals surface area contributed by atoms with Crippen molar-refractivity contribution in [2.75, 3.05) is 26.7 Å². The van der Waals surface area contributed by atoms with Crippen LogP contribution in [0.1, 0.15) is 35.7 Å². The van der Waals surface area contributed by atoms with E-state index in [9.17, 15) is 9.90 Å². The van der Waals surface area contributed by atoms with E-state index in [4.69, 9.17) is 4.74 Å². The topological polar surface area (TPSA) is 61.8 Å². The summed E-state index contributed by atoms with van der Waals surface area (Å²) < 4.78 is 5.26. The molecule has 1 fully saturated rings. The Balaban J connectivity index is 2.09. The summed E-state index contributed by atoms with van der Waals surface area (Å²) >= 11 is 0. The van der Waals surface area contributed by atoms with Gasteiger partial charge in [0, 0.05) is 12.6 Å². The minimum absolute atomic E-state index is 0.0475. The number of phenolic OH excluding ortho intramolecular Hbond substituents is 1. The van der Waals surface area contributed by atoms with Crippen LogP contribution in [-0.2, 0) is 0 Å². The van der Waals surface area contributed by atoms with Crippen LogP contribution in [-0.4, -0.2) is 48.7 Å². The number of amides is 1. The molecule has 21 heavy (non-hydrogen) atoms. The van der Waals surface area contributed by atoms with Crippen LogP contribution in [0, 0.1) is 6.92 Å². The van der Waals surface area contributed by atoms with Crippen LogP contribution in [0.5, 0.6) is 11.5 Å². The smallest absolute Gasteiger partial charge is 0.258 e. The highest BCUT2D eigenvalue weighted by atomic mass is 16.5. The number of hydrogen-bond donors (Lipinski definition) is 2. The molecular formula is C16H24N2O3. The van der Waals surface area contributed by atoms with Gasteiger partial charge in [-0.3, -0.25) is 9.69 Å². The van der Waals surface area contributed by atoms with Crippen molar-refractivity contribution in [3.8, 4) is 11.5 Å². The molecule has 1 aliphatic heterocycles. The molecule has 0 spiro atoms. The summed E-state index contributed by atoms with van der Waals surface area (Å²) in [4.78, 5) is 14.7. The van der Waals surface area contributed by atoms with Gasteiger partial charge in [0.05, 0.1) is 7.11 Å². The van der Waals surface area contributed by atoms with E-state index in [1.165, 1.54) is 19.6 Å². The second-order valence-electron chi connectivity index (χ2n) is 5.44. The van der Waals surface area contributed by atoms with E-state index in [0.717, 1.165) is 25.1 Å². The molecule has 0 saturated carbocycles. The molecule has 0 radical (unpaired) electrons. The second-order valence-corrected chi connectivity index (χ2v) is 5.44. The van der Waals surface area contributed by atoms with Crippen molar-refractivity contribution in [3.05, 3.63) is 23.3 Å². The number of nitrogens with zero attached hydrogens (tertiary/aromatic N) is 1. The van der Waals surface area contributed by atoms with Crippen molar-refractivity contribution < 1.29 is 14.6 Å². The SMILES string of the molecule is CCN1CCC[C@H]1CNC(=O)c1c(O)ccc(C)c1OC. The lowest BCUT2D eigenvalue weighted by Crippen LogP contribution is -2.40. The van der Waals surface area contributed by atoms with Crippen LogP contribution in [0.3, 0.4) is 0 Å². The lowest BCUT2D eigenvalue weighted by atomic mass is 10.1. The first kappa shape index (κ1) is 15.6. The fraction of sp³-hybridized carbons (Fsp3) is 0.562. The van der Waals surface area contributed by atoms with Crippen molar-refractivity contribution >= 4 is 5.91 Å². The van der Waals surface area contributed by atoms with Crippen molar-refractivity contribution in [1.82, 2.24) is 10.2 Å². The molecule has 0 aromatic heterocycles.